The van der Waals surface area contributed by atoms with Crippen LogP contribution in [0.2, 0.25) is 0 Å². The Balaban J connectivity index is 1.38. The summed E-state index contributed by atoms with van der Waals surface area (Å²) in [6, 6.07) is 7.56. The molecule has 0 atom stereocenters. The number of esters is 1. The first-order valence-electron chi connectivity index (χ1n) is 11.1. The van der Waals surface area contributed by atoms with E-state index in [1.54, 1.807) is 32.3 Å². The molecule has 0 aliphatic heterocycles. The Labute approximate surface area is 192 Å². The van der Waals surface area contributed by atoms with Crippen molar-refractivity contribution in [1.29, 1.82) is 0 Å². The van der Waals surface area contributed by atoms with Crippen LogP contribution < -0.4 is 10.6 Å². The topological polar surface area (TPSA) is 111 Å². The van der Waals surface area contributed by atoms with Gasteiger partial charge in [0.05, 0.1) is 17.9 Å². The van der Waals surface area contributed by atoms with E-state index in [2.05, 4.69) is 38.6 Å². The van der Waals surface area contributed by atoms with E-state index >= 15 is 0 Å². The largest absolute Gasteiger partial charge is 0.460 e. The number of aromatic nitrogens is 4. The molecule has 0 spiro atoms. The van der Waals surface area contributed by atoms with Gasteiger partial charge in [0.25, 0.3) is 5.91 Å². The molecule has 9 nitrogen and oxygen atoms in total. The number of nitrogens with zero attached hydrogens (tertiary/aromatic N) is 4. The first kappa shape index (κ1) is 22.4. The summed E-state index contributed by atoms with van der Waals surface area (Å²) in [5.74, 6) is 0.196. The molecule has 172 valence electrons. The van der Waals surface area contributed by atoms with Crippen molar-refractivity contribution in [1.82, 2.24) is 19.5 Å². The molecule has 2 N–H and O–H groups in total. The third-order valence-corrected chi connectivity index (χ3v) is 6.03. The standard InChI is InChI=1S/C24H28N6O3/c1-4-33-23(32)21-28-19(14-30(21)3)29-22(31)17-8-9-18(26-13-17)27-15-24(10-6-11-24)20-16(2)7-5-12-25-20/h5,7-9,12-14H,4,6,10-11,15H2,1-3H3,(H,26,27)(H,29,31). The fourth-order valence-electron chi connectivity index (χ4n) is 4.13. The summed E-state index contributed by atoms with van der Waals surface area (Å²) in [5, 5.41) is 6.11. The highest BCUT2D eigenvalue weighted by atomic mass is 16.5. The highest BCUT2D eigenvalue weighted by molar-refractivity contribution is 6.03. The van der Waals surface area contributed by atoms with Gasteiger partial charge in [-0.25, -0.2) is 14.8 Å². The third kappa shape index (κ3) is 4.72. The number of anilines is 2. The fraction of sp³-hybridized carbons (Fsp3) is 0.375. The van der Waals surface area contributed by atoms with Gasteiger partial charge in [-0.1, -0.05) is 12.5 Å². The van der Waals surface area contributed by atoms with E-state index in [9.17, 15) is 9.59 Å². The Morgan fingerprint density at radius 2 is 2.00 bits per heavy atom. The van der Waals surface area contributed by atoms with Gasteiger partial charge in [-0.2, -0.15) is 0 Å². The first-order chi connectivity index (χ1) is 15.9. The molecule has 33 heavy (non-hydrogen) atoms. The summed E-state index contributed by atoms with van der Waals surface area (Å²) in [6.07, 6.45) is 8.31. The number of carbonyl (C=O) groups is 2. The van der Waals surface area contributed by atoms with Gasteiger partial charge in [0.15, 0.2) is 5.82 Å². The molecule has 1 aliphatic rings. The maximum atomic E-state index is 12.6. The molecule has 0 unspecified atom stereocenters. The zero-order chi connectivity index (χ0) is 23.4. The average molecular weight is 449 g/mol. The molecule has 3 aromatic heterocycles. The second-order valence-corrected chi connectivity index (χ2v) is 8.32. The van der Waals surface area contributed by atoms with Gasteiger partial charge in [0.1, 0.15) is 5.82 Å². The summed E-state index contributed by atoms with van der Waals surface area (Å²) in [6.45, 7) is 4.82. The molecule has 9 heteroatoms. The molecule has 3 heterocycles. The molecule has 0 saturated heterocycles. The molecule has 4 rings (SSSR count). The number of carbonyl (C=O) groups excluding carboxylic acids is 2. The monoisotopic (exact) mass is 448 g/mol. The Kier molecular flexibility index (Phi) is 6.39. The third-order valence-electron chi connectivity index (χ3n) is 6.03. The molecular formula is C24H28N6O3. The van der Waals surface area contributed by atoms with Gasteiger partial charge in [0.2, 0.25) is 5.82 Å². The highest BCUT2D eigenvalue weighted by Gasteiger charge is 2.40. The molecule has 0 aromatic carbocycles. The smallest absolute Gasteiger partial charge is 0.374 e. The number of ether oxygens (including phenoxy) is 1. The van der Waals surface area contributed by atoms with Crippen molar-refractivity contribution in [3.05, 3.63) is 65.5 Å². The molecule has 1 amide bonds. The van der Waals surface area contributed by atoms with Gasteiger partial charge >= 0.3 is 5.97 Å². The number of nitrogens with one attached hydrogen (secondary N) is 2. The number of pyridine rings is 2. The van der Waals surface area contributed by atoms with Crippen molar-refractivity contribution in [3.8, 4) is 0 Å². The van der Waals surface area contributed by atoms with Crippen molar-refractivity contribution in [2.24, 2.45) is 7.05 Å². The zero-order valence-electron chi connectivity index (χ0n) is 19.1. The Morgan fingerprint density at radius 1 is 1.18 bits per heavy atom. The predicted molar refractivity (Wildman–Crippen MR) is 124 cm³/mol. The van der Waals surface area contributed by atoms with Gasteiger partial charge in [0, 0.05) is 37.6 Å². The summed E-state index contributed by atoms with van der Waals surface area (Å²) in [7, 11) is 1.66. The maximum absolute atomic E-state index is 12.6. The van der Waals surface area contributed by atoms with Crippen LogP contribution in [0.1, 0.15) is 58.4 Å². The van der Waals surface area contributed by atoms with Gasteiger partial charge in [-0.05, 0) is 50.5 Å². The summed E-state index contributed by atoms with van der Waals surface area (Å²) >= 11 is 0. The zero-order valence-corrected chi connectivity index (χ0v) is 19.1. The lowest BCUT2D eigenvalue weighted by Gasteiger charge is -2.42. The Bertz CT molecular complexity index is 1150. The molecular weight excluding hydrogens is 420 g/mol. The molecule has 3 aromatic rings. The van der Waals surface area contributed by atoms with Crippen LogP contribution in [0.15, 0.2) is 42.9 Å². The Hall–Kier alpha value is -3.75. The summed E-state index contributed by atoms with van der Waals surface area (Å²) < 4.78 is 6.48. The van der Waals surface area contributed by atoms with Crippen LogP contribution in [-0.2, 0) is 17.2 Å². The second kappa shape index (κ2) is 9.40. The molecule has 1 aliphatic carbocycles. The van der Waals surface area contributed by atoms with Crippen LogP contribution >= 0.6 is 0 Å². The normalized spacial score (nSPS) is 14.3. The van der Waals surface area contributed by atoms with E-state index in [-0.39, 0.29) is 29.6 Å². The minimum atomic E-state index is -0.539. The van der Waals surface area contributed by atoms with Crippen LogP contribution in [0.3, 0.4) is 0 Å². The van der Waals surface area contributed by atoms with Crippen LogP contribution in [0.25, 0.3) is 0 Å². The van der Waals surface area contributed by atoms with Crippen LogP contribution in [0.5, 0.6) is 0 Å². The van der Waals surface area contributed by atoms with Crippen LogP contribution in [-0.4, -0.2) is 44.5 Å². The quantitative estimate of drug-likeness (QED) is 0.508. The van der Waals surface area contributed by atoms with Crippen molar-refractivity contribution in [3.63, 3.8) is 0 Å². The van der Waals surface area contributed by atoms with Gasteiger partial charge in [-0.15, -0.1) is 0 Å². The van der Waals surface area contributed by atoms with E-state index in [1.807, 2.05) is 12.3 Å². The van der Waals surface area contributed by atoms with E-state index in [1.165, 1.54) is 22.7 Å². The molecule has 1 saturated carbocycles. The van der Waals surface area contributed by atoms with E-state index in [0.717, 1.165) is 25.1 Å². The lowest BCUT2D eigenvalue weighted by molar-refractivity contribution is 0.0508. The maximum Gasteiger partial charge on any atom is 0.374 e. The minimum Gasteiger partial charge on any atom is -0.460 e. The number of rotatable bonds is 8. The van der Waals surface area contributed by atoms with Gasteiger partial charge in [-0.3, -0.25) is 9.78 Å². The van der Waals surface area contributed by atoms with Crippen molar-refractivity contribution in [2.75, 3.05) is 23.8 Å². The van der Waals surface area contributed by atoms with Crippen LogP contribution in [0.4, 0.5) is 11.6 Å². The van der Waals surface area contributed by atoms with Crippen LogP contribution in [0, 0.1) is 6.92 Å². The summed E-state index contributed by atoms with van der Waals surface area (Å²) in [5.41, 5.74) is 2.78. The van der Waals surface area contributed by atoms with E-state index in [4.69, 9.17) is 4.74 Å². The van der Waals surface area contributed by atoms with E-state index in [0.29, 0.717) is 11.4 Å². The van der Waals surface area contributed by atoms with Gasteiger partial charge < -0.3 is 19.9 Å². The number of amides is 1. The Morgan fingerprint density at radius 3 is 2.64 bits per heavy atom. The predicted octanol–water partition coefficient (Wildman–Crippen LogP) is 3.48. The average Bonchev–Trinajstić information content (AvgIpc) is 3.14. The highest BCUT2D eigenvalue weighted by Crippen LogP contribution is 2.43. The second-order valence-electron chi connectivity index (χ2n) is 8.32. The van der Waals surface area contributed by atoms with Crippen molar-refractivity contribution in [2.45, 2.75) is 38.5 Å². The number of hydrogen-bond donors (Lipinski definition) is 2. The van der Waals surface area contributed by atoms with E-state index < -0.39 is 5.97 Å². The summed E-state index contributed by atoms with van der Waals surface area (Å²) in [4.78, 5) is 37.7. The number of imidazole rings is 1. The SMILES string of the molecule is CCOC(=O)c1nc(NC(=O)c2ccc(NCC3(c4ncccc4C)CCC3)nc2)cn1C. The molecule has 0 bridgehead atoms. The fourth-order valence-corrected chi connectivity index (χ4v) is 4.13. The first-order valence-corrected chi connectivity index (χ1v) is 11.1. The van der Waals surface area contributed by atoms with Crippen molar-refractivity contribution < 1.29 is 14.3 Å². The van der Waals surface area contributed by atoms with Crippen molar-refractivity contribution >= 4 is 23.5 Å². The molecule has 1 fully saturated rings. The number of aryl methyl sites for hydroxylation is 2. The molecule has 0 radical (unpaired) electrons. The lowest BCUT2D eigenvalue weighted by atomic mass is 9.65. The lowest BCUT2D eigenvalue weighted by Crippen LogP contribution is -2.42. The minimum absolute atomic E-state index is 0.0265. The number of hydrogen-bond acceptors (Lipinski definition) is 7.